The second kappa shape index (κ2) is 6.08. The summed E-state index contributed by atoms with van der Waals surface area (Å²) in [6.07, 6.45) is -0.503. The molecule has 19 heavy (non-hydrogen) atoms. The predicted octanol–water partition coefficient (Wildman–Crippen LogP) is 4.30. The summed E-state index contributed by atoms with van der Waals surface area (Å²) in [6, 6.07) is 12.9. The van der Waals surface area contributed by atoms with Crippen LogP contribution in [0.1, 0.15) is 18.6 Å². The maximum Gasteiger partial charge on any atom is 0.169 e. The molecule has 0 aliphatic carbocycles. The van der Waals surface area contributed by atoms with Crippen LogP contribution in [0.2, 0.25) is 0 Å². The molecular formula is C15H15BrO3. The van der Waals surface area contributed by atoms with E-state index in [4.69, 9.17) is 9.47 Å². The molecule has 0 heterocycles. The molecule has 4 heteroatoms. The molecule has 0 saturated carbocycles. The number of rotatable bonds is 4. The highest BCUT2D eigenvalue weighted by molar-refractivity contribution is 9.10. The Morgan fingerprint density at radius 2 is 1.74 bits per heavy atom. The van der Waals surface area contributed by atoms with Crippen LogP contribution in [-0.4, -0.2) is 12.2 Å². The average Bonchev–Trinajstić information content (AvgIpc) is 2.41. The molecule has 0 bridgehead atoms. The molecule has 100 valence electrons. The summed E-state index contributed by atoms with van der Waals surface area (Å²) in [4.78, 5) is 0. The summed E-state index contributed by atoms with van der Waals surface area (Å²) in [6.45, 7) is 1.72. The highest BCUT2D eigenvalue weighted by atomic mass is 79.9. The highest BCUT2D eigenvalue weighted by Crippen LogP contribution is 2.35. The number of benzene rings is 2. The average molecular weight is 323 g/mol. The van der Waals surface area contributed by atoms with Crippen molar-refractivity contribution >= 4 is 15.9 Å². The molecule has 1 N–H and O–H groups in total. The van der Waals surface area contributed by atoms with Crippen molar-refractivity contribution < 1.29 is 14.6 Å². The second-order valence-electron chi connectivity index (χ2n) is 4.12. The predicted molar refractivity (Wildman–Crippen MR) is 77.8 cm³/mol. The van der Waals surface area contributed by atoms with Crippen molar-refractivity contribution in [1.82, 2.24) is 0 Å². The zero-order valence-corrected chi connectivity index (χ0v) is 12.3. The van der Waals surface area contributed by atoms with Crippen LogP contribution in [0.3, 0.4) is 0 Å². The largest absolute Gasteiger partial charge is 0.493 e. The van der Waals surface area contributed by atoms with Crippen LogP contribution in [0.5, 0.6) is 17.2 Å². The number of methoxy groups -OCH3 is 1. The summed E-state index contributed by atoms with van der Waals surface area (Å²) in [5.41, 5.74) is 0.833. The number of para-hydroxylation sites is 2. The molecule has 2 aromatic carbocycles. The van der Waals surface area contributed by atoms with E-state index in [9.17, 15) is 5.11 Å². The fourth-order valence-electron chi connectivity index (χ4n) is 1.68. The second-order valence-corrected chi connectivity index (χ2v) is 4.97. The lowest BCUT2D eigenvalue weighted by molar-refractivity contribution is 0.199. The molecule has 0 aromatic heterocycles. The van der Waals surface area contributed by atoms with E-state index in [1.165, 1.54) is 0 Å². The van der Waals surface area contributed by atoms with Crippen LogP contribution in [-0.2, 0) is 0 Å². The van der Waals surface area contributed by atoms with Crippen molar-refractivity contribution in [2.75, 3.05) is 7.11 Å². The Labute approximate surface area is 120 Å². The van der Waals surface area contributed by atoms with Crippen LogP contribution in [0.25, 0.3) is 0 Å². The Kier molecular flexibility index (Phi) is 4.45. The van der Waals surface area contributed by atoms with Crippen molar-refractivity contribution in [3.05, 3.63) is 52.5 Å². The van der Waals surface area contributed by atoms with Crippen molar-refractivity contribution in [1.29, 1.82) is 0 Å². The maximum atomic E-state index is 9.53. The summed E-state index contributed by atoms with van der Waals surface area (Å²) in [5.74, 6) is 2.00. The van der Waals surface area contributed by atoms with Crippen LogP contribution in [0, 0.1) is 0 Å². The minimum Gasteiger partial charge on any atom is -0.493 e. The van der Waals surface area contributed by atoms with Crippen molar-refractivity contribution in [2.24, 2.45) is 0 Å². The van der Waals surface area contributed by atoms with Gasteiger partial charge in [-0.05, 0) is 52.7 Å². The van der Waals surface area contributed by atoms with Gasteiger partial charge in [-0.15, -0.1) is 0 Å². The topological polar surface area (TPSA) is 38.7 Å². The van der Waals surface area contributed by atoms with Crippen LogP contribution in [0.15, 0.2) is 46.9 Å². The van der Waals surface area contributed by atoms with Crippen molar-refractivity contribution in [3.8, 4) is 17.2 Å². The Morgan fingerprint density at radius 1 is 1.05 bits per heavy atom. The van der Waals surface area contributed by atoms with Gasteiger partial charge in [-0.25, -0.2) is 0 Å². The van der Waals surface area contributed by atoms with Crippen molar-refractivity contribution in [3.63, 3.8) is 0 Å². The summed E-state index contributed by atoms with van der Waals surface area (Å²) >= 11 is 3.44. The smallest absolute Gasteiger partial charge is 0.169 e. The number of aliphatic hydroxyl groups is 1. The van der Waals surface area contributed by atoms with Gasteiger partial charge >= 0.3 is 0 Å². The SMILES string of the molecule is COc1ccccc1Oc1ccc([C@H](C)O)cc1Br. The summed E-state index contributed by atoms with van der Waals surface area (Å²) in [5, 5.41) is 9.53. The Hall–Kier alpha value is -1.52. The van der Waals surface area contributed by atoms with Gasteiger partial charge in [0.05, 0.1) is 17.7 Å². The number of hydrogen-bond donors (Lipinski definition) is 1. The molecular weight excluding hydrogens is 308 g/mol. The van der Waals surface area contributed by atoms with E-state index >= 15 is 0 Å². The standard InChI is InChI=1S/C15H15BrO3/c1-10(17)11-7-8-13(12(16)9-11)19-15-6-4-3-5-14(15)18-2/h3-10,17H,1-2H3/t10-/m0/s1. The fourth-order valence-corrected chi connectivity index (χ4v) is 2.16. The maximum absolute atomic E-state index is 9.53. The molecule has 0 fully saturated rings. The highest BCUT2D eigenvalue weighted by Gasteiger charge is 2.09. The normalized spacial score (nSPS) is 12.0. The molecule has 0 radical (unpaired) electrons. The Morgan fingerprint density at radius 3 is 2.32 bits per heavy atom. The van der Waals surface area contributed by atoms with Gasteiger partial charge in [0.25, 0.3) is 0 Å². The quantitative estimate of drug-likeness (QED) is 0.911. The zero-order valence-electron chi connectivity index (χ0n) is 10.8. The van der Waals surface area contributed by atoms with E-state index < -0.39 is 6.10 Å². The first-order chi connectivity index (χ1) is 9.11. The van der Waals surface area contributed by atoms with Gasteiger partial charge in [0.1, 0.15) is 5.75 Å². The lowest BCUT2D eigenvalue weighted by atomic mass is 10.1. The first-order valence-corrected chi connectivity index (χ1v) is 6.69. The first-order valence-electron chi connectivity index (χ1n) is 5.90. The minimum atomic E-state index is -0.503. The molecule has 1 atom stereocenters. The number of aliphatic hydroxyl groups excluding tert-OH is 1. The molecule has 2 rings (SSSR count). The fraction of sp³-hybridized carbons (Fsp3) is 0.200. The third-order valence-electron chi connectivity index (χ3n) is 2.73. The molecule has 0 aliphatic heterocycles. The molecule has 2 aromatic rings. The summed E-state index contributed by atoms with van der Waals surface area (Å²) < 4.78 is 11.8. The van der Waals surface area contributed by atoms with E-state index in [0.29, 0.717) is 17.2 Å². The van der Waals surface area contributed by atoms with Crippen LogP contribution < -0.4 is 9.47 Å². The van der Waals surface area contributed by atoms with Gasteiger partial charge in [-0.2, -0.15) is 0 Å². The van der Waals surface area contributed by atoms with E-state index in [0.717, 1.165) is 10.0 Å². The third-order valence-corrected chi connectivity index (χ3v) is 3.35. The van der Waals surface area contributed by atoms with Gasteiger partial charge in [0, 0.05) is 0 Å². The van der Waals surface area contributed by atoms with Crippen LogP contribution in [0.4, 0.5) is 0 Å². The molecule has 3 nitrogen and oxygen atoms in total. The monoisotopic (exact) mass is 322 g/mol. The van der Waals surface area contributed by atoms with E-state index in [1.807, 2.05) is 42.5 Å². The van der Waals surface area contributed by atoms with Gasteiger partial charge in [-0.3, -0.25) is 0 Å². The Bertz CT molecular complexity index is 567. The Balaban J connectivity index is 2.28. The third kappa shape index (κ3) is 3.28. The van der Waals surface area contributed by atoms with E-state index in [-0.39, 0.29) is 0 Å². The number of ether oxygens (including phenoxy) is 2. The van der Waals surface area contributed by atoms with Gasteiger partial charge in [0.2, 0.25) is 0 Å². The number of hydrogen-bond acceptors (Lipinski definition) is 3. The van der Waals surface area contributed by atoms with E-state index in [2.05, 4.69) is 15.9 Å². The lowest BCUT2D eigenvalue weighted by Crippen LogP contribution is -1.93. The van der Waals surface area contributed by atoms with Gasteiger partial charge < -0.3 is 14.6 Å². The van der Waals surface area contributed by atoms with Gasteiger partial charge in [0.15, 0.2) is 11.5 Å². The van der Waals surface area contributed by atoms with Gasteiger partial charge in [-0.1, -0.05) is 18.2 Å². The van der Waals surface area contributed by atoms with Crippen LogP contribution >= 0.6 is 15.9 Å². The minimum absolute atomic E-state index is 0.503. The summed E-state index contributed by atoms with van der Waals surface area (Å²) in [7, 11) is 1.60. The lowest BCUT2D eigenvalue weighted by Gasteiger charge is -2.12. The molecule has 0 aliphatic rings. The van der Waals surface area contributed by atoms with E-state index in [1.54, 1.807) is 14.0 Å². The molecule has 0 saturated heterocycles. The molecule has 0 spiro atoms. The molecule has 0 amide bonds. The number of halogens is 1. The zero-order chi connectivity index (χ0) is 13.8. The molecule has 0 unspecified atom stereocenters. The first kappa shape index (κ1) is 13.9. The van der Waals surface area contributed by atoms with Crippen molar-refractivity contribution in [2.45, 2.75) is 13.0 Å².